The minimum atomic E-state index is -0.452. The van der Waals surface area contributed by atoms with Crippen LogP contribution in [0.4, 0.5) is 0 Å². The summed E-state index contributed by atoms with van der Waals surface area (Å²) < 4.78 is 5.27. The molecule has 1 aliphatic heterocycles. The van der Waals surface area contributed by atoms with E-state index in [0.29, 0.717) is 32.8 Å². The lowest BCUT2D eigenvalue weighted by molar-refractivity contribution is -0.145. The number of hydrogen-bond donors (Lipinski definition) is 0. The minimum absolute atomic E-state index is 0.0354. The Balaban J connectivity index is 2.04. The maximum Gasteiger partial charge on any atom is 0.243 e. The van der Waals surface area contributed by atoms with Crippen LogP contribution in [-0.2, 0) is 25.5 Å². The molecule has 0 aliphatic carbocycles. The highest BCUT2D eigenvalue weighted by Gasteiger charge is 2.28. The molecule has 1 saturated heterocycles. The average molecular weight is 415 g/mol. The highest BCUT2D eigenvalue weighted by Crippen LogP contribution is 2.16. The predicted molar refractivity (Wildman–Crippen MR) is 111 cm³/mol. The van der Waals surface area contributed by atoms with Crippen molar-refractivity contribution < 1.29 is 19.1 Å². The largest absolute Gasteiger partial charge is 0.378 e. The van der Waals surface area contributed by atoms with Crippen molar-refractivity contribution in [3.05, 3.63) is 35.9 Å². The molecule has 0 radical (unpaired) electrons. The first-order valence-electron chi connectivity index (χ1n) is 10.1. The second-order valence-electron chi connectivity index (χ2n) is 8.55. The van der Waals surface area contributed by atoms with Crippen LogP contribution in [0.5, 0.6) is 0 Å². The molecule has 2 rings (SSSR count). The highest BCUT2D eigenvalue weighted by molar-refractivity contribution is 5.89. The van der Waals surface area contributed by atoms with Crippen LogP contribution in [0.25, 0.3) is 0 Å². The van der Waals surface area contributed by atoms with Gasteiger partial charge in [0.25, 0.3) is 0 Å². The molecule has 0 bridgehead atoms. The van der Waals surface area contributed by atoms with E-state index in [4.69, 9.17) is 4.74 Å². The van der Waals surface area contributed by atoms with E-state index in [1.165, 1.54) is 4.90 Å². The number of hydrogen-bond acceptors (Lipinski definition) is 5. The molecule has 3 amide bonds. The number of nitriles is 1. The van der Waals surface area contributed by atoms with Crippen LogP contribution < -0.4 is 0 Å². The van der Waals surface area contributed by atoms with Crippen LogP contribution in [0.3, 0.4) is 0 Å². The standard InChI is InChI=1S/C22H30N4O4/c1-22(2,3)16-25(14-20(28)24-9-11-30-12-10-24)21(29)15-26(17-23)19(27)13-18-7-5-4-6-8-18/h4-8H,9-16H2,1-3H3. The van der Waals surface area contributed by atoms with Gasteiger partial charge in [0.05, 0.1) is 26.2 Å². The number of benzene rings is 1. The van der Waals surface area contributed by atoms with Gasteiger partial charge in [-0.2, -0.15) is 5.26 Å². The molecule has 0 N–H and O–H groups in total. The summed E-state index contributed by atoms with van der Waals surface area (Å²) in [4.78, 5) is 42.1. The van der Waals surface area contributed by atoms with E-state index in [2.05, 4.69) is 0 Å². The van der Waals surface area contributed by atoms with Crippen molar-refractivity contribution in [2.24, 2.45) is 5.41 Å². The van der Waals surface area contributed by atoms with Crippen LogP contribution in [0, 0.1) is 16.9 Å². The Kier molecular flexibility index (Phi) is 8.36. The van der Waals surface area contributed by atoms with Crippen molar-refractivity contribution in [2.75, 3.05) is 45.9 Å². The van der Waals surface area contributed by atoms with Gasteiger partial charge in [-0.3, -0.25) is 14.4 Å². The van der Waals surface area contributed by atoms with Crippen LogP contribution >= 0.6 is 0 Å². The first-order valence-corrected chi connectivity index (χ1v) is 10.1. The van der Waals surface area contributed by atoms with Gasteiger partial charge in [0.2, 0.25) is 17.7 Å². The van der Waals surface area contributed by atoms with Gasteiger partial charge in [-0.15, -0.1) is 0 Å². The highest BCUT2D eigenvalue weighted by atomic mass is 16.5. The number of rotatable bonds is 7. The van der Waals surface area contributed by atoms with Gasteiger partial charge in [0.15, 0.2) is 6.19 Å². The molecule has 1 aliphatic rings. The van der Waals surface area contributed by atoms with Crippen molar-refractivity contribution in [3.8, 4) is 6.19 Å². The third kappa shape index (κ3) is 7.48. The van der Waals surface area contributed by atoms with Crippen molar-refractivity contribution in [2.45, 2.75) is 27.2 Å². The van der Waals surface area contributed by atoms with Gasteiger partial charge < -0.3 is 14.5 Å². The maximum atomic E-state index is 13.0. The minimum Gasteiger partial charge on any atom is -0.378 e. The Morgan fingerprint density at radius 2 is 1.70 bits per heavy atom. The summed E-state index contributed by atoms with van der Waals surface area (Å²) in [5.41, 5.74) is 0.524. The molecule has 1 fully saturated rings. The lowest BCUT2D eigenvalue weighted by Gasteiger charge is -2.33. The van der Waals surface area contributed by atoms with E-state index in [0.717, 1.165) is 10.5 Å². The lowest BCUT2D eigenvalue weighted by atomic mass is 9.96. The lowest BCUT2D eigenvalue weighted by Crippen LogP contribution is -2.51. The first-order chi connectivity index (χ1) is 14.2. The quantitative estimate of drug-likeness (QED) is 0.495. The molecule has 162 valence electrons. The smallest absolute Gasteiger partial charge is 0.243 e. The summed E-state index contributed by atoms with van der Waals surface area (Å²) in [6.45, 7) is 7.74. The van der Waals surface area contributed by atoms with Crippen LogP contribution in [-0.4, -0.2) is 78.4 Å². The van der Waals surface area contributed by atoms with Gasteiger partial charge in [-0.1, -0.05) is 51.1 Å². The third-order valence-electron chi connectivity index (χ3n) is 4.62. The number of carbonyl (C=O) groups is 3. The van der Waals surface area contributed by atoms with Gasteiger partial charge in [0, 0.05) is 19.6 Å². The molecule has 1 heterocycles. The monoisotopic (exact) mass is 414 g/mol. The zero-order valence-electron chi connectivity index (χ0n) is 18.0. The van der Waals surface area contributed by atoms with Crippen molar-refractivity contribution in [1.82, 2.24) is 14.7 Å². The summed E-state index contributed by atoms with van der Waals surface area (Å²) >= 11 is 0. The number of morpholine rings is 1. The predicted octanol–water partition coefficient (Wildman–Crippen LogP) is 1.27. The van der Waals surface area contributed by atoms with Crippen LogP contribution in [0.15, 0.2) is 30.3 Å². The zero-order chi connectivity index (χ0) is 22.1. The summed E-state index contributed by atoms with van der Waals surface area (Å²) in [7, 11) is 0. The van der Waals surface area contributed by atoms with Gasteiger partial charge >= 0.3 is 0 Å². The van der Waals surface area contributed by atoms with E-state index in [1.54, 1.807) is 17.0 Å². The molecule has 0 atom stereocenters. The summed E-state index contributed by atoms with van der Waals surface area (Å²) in [5, 5.41) is 9.42. The van der Waals surface area contributed by atoms with Gasteiger partial charge in [-0.25, -0.2) is 4.90 Å². The number of nitrogens with zero attached hydrogens (tertiary/aromatic N) is 4. The van der Waals surface area contributed by atoms with Gasteiger partial charge in [-0.05, 0) is 11.0 Å². The summed E-state index contributed by atoms with van der Waals surface area (Å²) in [5.74, 6) is -1.03. The van der Waals surface area contributed by atoms with E-state index < -0.39 is 11.8 Å². The molecule has 0 aromatic heterocycles. The molecule has 0 unspecified atom stereocenters. The average Bonchev–Trinajstić information content (AvgIpc) is 2.71. The number of amides is 3. The Labute approximate surface area is 178 Å². The Hall–Kier alpha value is -2.92. The van der Waals surface area contributed by atoms with Crippen molar-refractivity contribution in [1.29, 1.82) is 5.26 Å². The molecular weight excluding hydrogens is 384 g/mol. The Bertz CT molecular complexity index is 777. The van der Waals surface area contributed by atoms with Crippen LogP contribution in [0.2, 0.25) is 0 Å². The zero-order valence-corrected chi connectivity index (χ0v) is 18.0. The van der Waals surface area contributed by atoms with Crippen molar-refractivity contribution >= 4 is 17.7 Å². The van der Waals surface area contributed by atoms with E-state index >= 15 is 0 Å². The Morgan fingerprint density at radius 1 is 1.07 bits per heavy atom. The topological polar surface area (TPSA) is 93.9 Å². The van der Waals surface area contributed by atoms with E-state index in [-0.39, 0.29) is 30.8 Å². The SMILES string of the molecule is CC(C)(C)CN(CC(=O)N1CCOCC1)C(=O)CN(C#N)C(=O)Cc1ccccc1. The fourth-order valence-electron chi connectivity index (χ4n) is 3.16. The summed E-state index contributed by atoms with van der Waals surface area (Å²) in [6.07, 6.45) is 1.85. The fourth-order valence-corrected chi connectivity index (χ4v) is 3.16. The molecule has 0 spiro atoms. The van der Waals surface area contributed by atoms with Crippen LogP contribution in [0.1, 0.15) is 26.3 Å². The maximum absolute atomic E-state index is 13.0. The fraction of sp³-hybridized carbons (Fsp3) is 0.545. The van der Waals surface area contributed by atoms with Crippen molar-refractivity contribution in [3.63, 3.8) is 0 Å². The number of ether oxygens (including phenoxy) is 1. The first kappa shape index (κ1) is 23.4. The normalized spacial score (nSPS) is 14.0. The molecule has 8 nitrogen and oxygen atoms in total. The number of carbonyl (C=O) groups excluding carboxylic acids is 3. The second kappa shape index (κ2) is 10.7. The molecule has 8 heteroatoms. The summed E-state index contributed by atoms with van der Waals surface area (Å²) in [6, 6.07) is 9.05. The molecule has 30 heavy (non-hydrogen) atoms. The van der Waals surface area contributed by atoms with Gasteiger partial charge in [0.1, 0.15) is 6.54 Å². The molecule has 1 aromatic rings. The second-order valence-corrected chi connectivity index (χ2v) is 8.55. The molecule has 1 aromatic carbocycles. The van der Waals surface area contributed by atoms with E-state index in [1.807, 2.05) is 45.2 Å². The Morgan fingerprint density at radius 3 is 2.27 bits per heavy atom. The molecular formula is C22H30N4O4. The third-order valence-corrected chi connectivity index (χ3v) is 4.62. The molecule has 0 saturated carbocycles. The van der Waals surface area contributed by atoms with E-state index in [9.17, 15) is 19.6 Å².